The molecule has 0 radical (unpaired) electrons. The van der Waals surface area contributed by atoms with Crippen molar-refractivity contribution in [2.45, 2.75) is 38.6 Å². The van der Waals surface area contributed by atoms with Gasteiger partial charge in [0, 0.05) is 16.8 Å². The van der Waals surface area contributed by atoms with Crippen molar-refractivity contribution in [3.8, 4) is 0 Å². The van der Waals surface area contributed by atoms with Gasteiger partial charge in [0.1, 0.15) is 5.82 Å². The number of aromatic nitrogens is 2. The number of rotatable bonds is 4. The van der Waals surface area contributed by atoms with Crippen LogP contribution >= 0.6 is 11.6 Å². The average molecular weight is 331 g/mol. The number of nitrogens with zero attached hydrogens (tertiary/aromatic N) is 2. The van der Waals surface area contributed by atoms with E-state index < -0.39 is 0 Å². The molecule has 5 nitrogen and oxygen atoms in total. The van der Waals surface area contributed by atoms with E-state index in [4.69, 9.17) is 11.6 Å². The van der Waals surface area contributed by atoms with E-state index in [2.05, 4.69) is 20.8 Å². The summed E-state index contributed by atoms with van der Waals surface area (Å²) >= 11 is 6.06. The molecule has 3 rings (SSSR count). The van der Waals surface area contributed by atoms with Crippen molar-refractivity contribution in [2.24, 2.45) is 0 Å². The number of nitrogens with one attached hydrogen (secondary N) is 2. The maximum Gasteiger partial charge on any atom is 0.276 e. The predicted molar refractivity (Wildman–Crippen MR) is 92.1 cm³/mol. The Hall–Kier alpha value is -2.14. The summed E-state index contributed by atoms with van der Waals surface area (Å²) in [5, 5.41) is 14.9. The maximum absolute atomic E-state index is 12.3. The molecule has 1 aromatic heterocycles. The monoisotopic (exact) mass is 330 g/mol. The molecule has 6 heteroatoms. The normalized spacial score (nSPS) is 14.7. The first-order valence-electron chi connectivity index (χ1n) is 7.80. The van der Waals surface area contributed by atoms with Crippen molar-refractivity contribution >= 4 is 29.0 Å². The van der Waals surface area contributed by atoms with Crippen molar-refractivity contribution in [1.82, 2.24) is 10.2 Å². The number of benzene rings is 1. The van der Waals surface area contributed by atoms with E-state index in [9.17, 15) is 4.79 Å². The third-order valence-corrected chi connectivity index (χ3v) is 4.53. The third kappa shape index (κ3) is 3.79. The van der Waals surface area contributed by atoms with Gasteiger partial charge in [-0.15, -0.1) is 10.2 Å². The Morgan fingerprint density at radius 2 is 1.96 bits per heavy atom. The lowest BCUT2D eigenvalue weighted by Crippen LogP contribution is -2.18. The quantitative estimate of drug-likeness (QED) is 0.887. The number of anilines is 2. The molecule has 1 amide bonds. The topological polar surface area (TPSA) is 66.9 Å². The highest BCUT2D eigenvalue weighted by molar-refractivity contribution is 6.31. The Balaban J connectivity index is 1.66. The number of hydrogen-bond donors (Lipinski definition) is 2. The van der Waals surface area contributed by atoms with Crippen LogP contribution in [0.2, 0.25) is 5.02 Å². The zero-order valence-electron chi connectivity index (χ0n) is 13.0. The van der Waals surface area contributed by atoms with Gasteiger partial charge in [0.25, 0.3) is 5.91 Å². The molecule has 0 atom stereocenters. The fraction of sp³-hybridized carbons (Fsp3) is 0.353. The first kappa shape index (κ1) is 15.7. The summed E-state index contributed by atoms with van der Waals surface area (Å²) in [6.45, 7) is 1.86. The number of carbonyl (C=O) groups excluding carboxylic acids is 1. The molecular formula is C17H19ClN4O. The number of halogens is 1. The number of carbonyl (C=O) groups is 1. The molecule has 1 saturated carbocycles. The second-order valence-corrected chi connectivity index (χ2v) is 6.20. The van der Waals surface area contributed by atoms with Gasteiger partial charge in [0.05, 0.1) is 0 Å². The summed E-state index contributed by atoms with van der Waals surface area (Å²) in [6, 6.07) is 9.34. The molecule has 1 aromatic carbocycles. The number of amides is 1. The lowest BCUT2D eigenvalue weighted by atomic mass is 10.2. The molecule has 0 bridgehead atoms. The Bertz CT molecular complexity index is 696. The van der Waals surface area contributed by atoms with Gasteiger partial charge < -0.3 is 10.6 Å². The molecule has 0 unspecified atom stereocenters. The van der Waals surface area contributed by atoms with Crippen LogP contribution in [0.3, 0.4) is 0 Å². The van der Waals surface area contributed by atoms with E-state index >= 15 is 0 Å². The maximum atomic E-state index is 12.3. The van der Waals surface area contributed by atoms with Gasteiger partial charge in [-0.25, -0.2) is 0 Å². The summed E-state index contributed by atoms with van der Waals surface area (Å²) in [4.78, 5) is 12.3. The van der Waals surface area contributed by atoms with Crippen LogP contribution < -0.4 is 10.6 Å². The first-order valence-corrected chi connectivity index (χ1v) is 8.18. The minimum absolute atomic E-state index is 0.279. The van der Waals surface area contributed by atoms with Crippen LogP contribution in [0.1, 0.15) is 41.7 Å². The van der Waals surface area contributed by atoms with Gasteiger partial charge >= 0.3 is 0 Å². The van der Waals surface area contributed by atoms with Crippen LogP contribution in [0.4, 0.5) is 11.5 Å². The molecule has 0 spiro atoms. The smallest absolute Gasteiger partial charge is 0.276 e. The first-order chi connectivity index (χ1) is 11.1. The molecule has 1 aliphatic rings. The van der Waals surface area contributed by atoms with Gasteiger partial charge in [-0.1, -0.05) is 30.5 Å². The third-order valence-electron chi connectivity index (χ3n) is 4.12. The fourth-order valence-corrected chi connectivity index (χ4v) is 2.91. The van der Waals surface area contributed by atoms with Crippen molar-refractivity contribution in [2.75, 3.05) is 10.6 Å². The molecule has 2 N–H and O–H groups in total. The summed E-state index contributed by atoms with van der Waals surface area (Å²) in [7, 11) is 0. The molecule has 0 aliphatic heterocycles. The minimum atomic E-state index is -0.296. The average Bonchev–Trinajstić information content (AvgIpc) is 3.05. The summed E-state index contributed by atoms with van der Waals surface area (Å²) in [6.07, 6.45) is 4.84. The van der Waals surface area contributed by atoms with Gasteiger partial charge in [0.15, 0.2) is 5.69 Å². The second kappa shape index (κ2) is 6.96. The Labute approximate surface area is 140 Å². The lowest BCUT2D eigenvalue weighted by molar-refractivity contribution is 0.102. The second-order valence-electron chi connectivity index (χ2n) is 5.80. The van der Waals surface area contributed by atoms with Crippen LogP contribution in [0.5, 0.6) is 0 Å². The largest absolute Gasteiger partial charge is 0.366 e. The van der Waals surface area contributed by atoms with Crippen molar-refractivity contribution in [1.29, 1.82) is 0 Å². The van der Waals surface area contributed by atoms with Crippen LogP contribution in [0, 0.1) is 6.92 Å². The zero-order valence-corrected chi connectivity index (χ0v) is 13.7. The molecule has 23 heavy (non-hydrogen) atoms. The minimum Gasteiger partial charge on any atom is -0.366 e. The molecule has 120 valence electrons. The van der Waals surface area contributed by atoms with Gasteiger partial charge in [0.2, 0.25) is 0 Å². The molecule has 1 fully saturated rings. The number of hydrogen-bond acceptors (Lipinski definition) is 4. The standard InChI is InChI=1S/C17H19ClN4O/c1-11-13(18)7-4-8-14(11)20-17(23)15-9-10-16(22-21-15)19-12-5-2-3-6-12/h4,7-10,12H,2-3,5-6H2,1H3,(H,19,22)(H,20,23). The highest BCUT2D eigenvalue weighted by Crippen LogP contribution is 2.23. The van der Waals surface area contributed by atoms with Crippen molar-refractivity contribution in [3.05, 3.63) is 46.6 Å². The summed E-state index contributed by atoms with van der Waals surface area (Å²) in [5.41, 5.74) is 1.79. The van der Waals surface area contributed by atoms with E-state index in [0.29, 0.717) is 22.6 Å². The van der Waals surface area contributed by atoms with Gasteiger partial charge in [-0.05, 0) is 49.6 Å². The summed E-state index contributed by atoms with van der Waals surface area (Å²) in [5.74, 6) is 0.419. The highest BCUT2D eigenvalue weighted by Gasteiger charge is 2.16. The van der Waals surface area contributed by atoms with Crippen LogP contribution in [0.25, 0.3) is 0 Å². The van der Waals surface area contributed by atoms with Gasteiger partial charge in [-0.2, -0.15) is 0 Å². The van der Waals surface area contributed by atoms with E-state index in [1.165, 1.54) is 12.8 Å². The molecule has 1 heterocycles. The van der Waals surface area contributed by atoms with Crippen LogP contribution in [-0.2, 0) is 0 Å². The van der Waals surface area contributed by atoms with E-state index in [1.54, 1.807) is 24.3 Å². The van der Waals surface area contributed by atoms with E-state index in [0.717, 1.165) is 18.4 Å². The fourth-order valence-electron chi connectivity index (χ4n) is 2.74. The Kier molecular flexibility index (Phi) is 4.76. The van der Waals surface area contributed by atoms with Crippen LogP contribution in [0.15, 0.2) is 30.3 Å². The lowest BCUT2D eigenvalue weighted by Gasteiger charge is -2.12. The van der Waals surface area contributed by atoms with Crippen LogP contribution in [-0.4, -0.2) is 22.1 Å². The van der Waals surface area contributed by atoms with E-state index in [1.807, 2.05) is 13.0 Å². The molecule has 2 aromatic rings. The molecular weight excluding hydrogens is 312 g/mol. The Morgan fingerprint density at radius 1 is 1.17 bits per heavy atom. The predicted octanol–water partition coefficient (Wildman–Crippen LogP) is 4.05. The van der Waals surface area contributed by atoms with E-state index in [-0.39, 0.29) is 11.6 Å². The zero-order chi connectivity index (χ0) is 16.2. The van der Waals surface area contributed by atoms with Gasteiger partial charge in [-0.3, -0.25) is 4.79 Å². The van der Waals surface area contributed by atoms with Crippen molar-refractivity contribution < 1.29 is 4.79 Å². The molecule has 0 saturated heterocycles. The summed E-state index contributed by atoms with van der Waals surface area (Å²) < 4.78 is 0. The highest BCUT2D eigenvalue weighted by atomic mass is 35.5. The molecule has 1 aliphatic carbocycles. The van der Waals surface area contributed by atoms with Crippen molar-refractivity contribution in [3.63, 3.8) is 0 Å². The Morgan fingerprint density at radius 3 is 2.65 bits per heavy atom. The SMILES string of the molecule is Cc1c(Cl)cccc1NC(=O)c1ccc(NC2CCCC2)nn1.